The van der Waals surface area contributed by atoms with E-state index in [0.717, 1.165) is 22.4 Å². The van der Waals surface area contributed by atoms with Gasteiger partial charge < -0.3 is 0 Å². The lowest BCUT2D eigenvalue weighted by Crippen LogP contribution is -2.02. The summed E-state index contributed by atoms with van der Waals surface area (Å²) in [5.74, 6) is 0. The Balaban J connectivity index is 2.05. The number of hydrogen-bond donors (Lipinski definition) is 0. The number of carbonyl (C=O) groups excluding carboxylic acids is 1. The summed E-state index contributed by atoms with van der Waals surface area (Å²) in [7, 11) is 0. The van der Waals surface area contributed by atoms with Gasteiger partial charge in [-0.1, -0.05) is 12.1 Å². The number of benzene rings is 1. The third kappa shape index (κ3) is 1.99. The van der Waals surface area contributed by atoms with Crippen molar-refractivity contribution in [3.05, 3.63) is 39.2 Å². The van der Waals surface area contributed by atoms with Gasteiger partial charge in [0.2, 0.25) is 0 Å². The summed E-state index contributed by atoms with van der Waals surface area (Å²) in [6, 6.07) is 6.62. The van der Waals surface area contributed by atoms with E-state index in [1.54, 1.807) is 0 Å². The highest BCUT2D eigenvalue weighted by Gasteiger charge is 2.13. The molecular formula is C15H15NOS. The zero-order valence-electron chi connectivity index (χ0n) is 10.4. The first-order valence-corrected chi connectivity index (χ1v) is 7.14. The second-order valence-electron chi connectivity index (χ2n) is 4.77. The van der Waals surface area contributed by atoms with Gasteiger partial charge in [0, 0.05) is 10.4 Å². The van der Waals surface area contributed by atoms with Gasteiger partial charge in [-0.2, -0.15) is 0 Å². The normalized spacial score (nSPS) is 14.3. The molecule has 0 saturated heterocycles. The van der Waals surface area contributed by atoms with Crippen molar-refractivity contribution in [1.29, 1.82) is 0 Å². The number of aldehydes is 1. The number of nitrogens with zero attached hydrogens (tertiary/aromatic N) is 1. The van der Waals surface area contributed by atoms with Crippen molar-refractivity contribution in [2.45, 2.75) is 32.6 Å². The number of hydrogen-bond acceptors (Lipinski definition) is 3. The molecule has 2 nitrogen and oxygen atoms in total. The summed E-state index contributed by atoms with van der Waals surface area (Å²) >= 11 is 1.47. The minimum absolute atomic E-state index is 0.570. The van der Waals surface area contributed by atoms with Crippen molar-refractivity contribution in [2.75, 3.05) is 0 Å². The Kier molecular flexibility index (Phi) is 3.00. The quantitative estimate of drug-likeness (QED) is 0.766. The Morgan fingerprint density at radius 1 is 1.22 bits per heavy atom. The van der Waals surface area contributed by atoms with Crippen LogP contribution in [0.15, 0.2) is 18.2 Å². The van der Waals surface area contributed by atoms with E-state index in [2.05, 4.69) is 23.2 Å². The lowest BCUT2D eigenvalue weighted by Gasteiger charge is -2.16. The van der Waals surface area contributed by atoms with E-state index in [0.29, 0.717) is 5.01 Å². The molecule has 1 aromatic carbocycles. The van der Waals surface area contributed by atoms with Crippen LogP contribution in [0.2, 0.25) is 0 Å². The molecule has 0 aliphatic heterocycles. The first-order valence-electron chi connectivity index (χ1n) is 6.32. The summed E-state index contributed by atoms with van der Waals surface area (Å²) in [4.78, 5) is 16.3. The molecule has 1 aromatic heterocycles. The lowest BCUT2D eigenvalue weighted by molar-refractivity contribution is 0.112. The Morgan fingerprint density at radius 3 is 2.72 bits per heavy atom. The largest absolute Gasteiger partial charge is 0.295 e. The number of thiazole rings is 1. The second kappa shape index (κ2) is 4.65. The van der Waals surface area contributed by atoms with Gasteiger partial charge in [-0.15, -0.1) is 11.3 Å². The van der Waals surface area contributed by atoms with Crippen LogP contribution in [-0.2, 0) is 12.8 Å². The Hall–Kier alpha value is -1.48. The van der Waals surface area contributed by atoms with E-state index >= 15 is 0 Å². The molecule has 0 saturated carbocycles. The zero-order valence-corrected chi connectivity index (χ0v) is 11.2. The average molecular weight is 257 g/mol. The van der Waals surface area contributed by atoms with Gasteiger partial charge in [0.25, 0.3) is 0 Å². The molecular weight excluding hydrogens is 242 g/mol. The first kappa shape index (κ1) is 11.6. The summed E-state index contributed by atoms with van der Waals surface area (Å²) in [5, 5.41) is 0.570. The van der Waals surface area contributed by atoms with Crippen molar-refractivity contribution in [2.24, 2.45) is 0 Å². The van der Waals surface area contributed by atoms with Gasteiger partial charge >= 0.3 is 0 Å². The summed E-state index contributed by atoms with van der Waals surface area (Å²) in [6.07, 6.45) is 5.79. The van der Waals surface area contributed by atoms with Crippen molar-refractivity contribution >= 4 is 17.6 Å². The Labute approximate surface area is 111 Å². The fourth-order valence-corrected chi connectivity index (χ4v) is 3.37. The van der Waals surface area contributed by atoms with Gasteiger partial charge in [0.1, 0.15) is 0 Å². The molecule has 0 fully saturated rings. The minimum Gasteiger partial charge on any atom is -0.295 e. The molecule has 0 amide bonds. The van der Waals surface area contributed by atoms with Gasteiger partial charge in [0.15, 0.2) is 11.3 Å². The topological polar surface area (TPSA) is 30.0 Å². The number of carbonyl (C=O) groups is 1. The molecule has 1 aliphatic rings. The van der Waals surface area contributed by atoms with E-state index in [1.807, 2.05) is 6.92 Å². The summed E-state index contributed by atoms with van der Waals surface area (Å²) in [5.41, 5.74) is 5.06. The fourth-order valence-electron chi connectivity index (χ4n) is 2.62. The minimum atomic E-state index is 0.570. The second-order valence-corrected chi connectivity index (χ2v) is 6.00. The molecule has 0 bridgehead atoms. The average Bonchev–Trinajstić information content (AvgIpc) is 2.79. The summed E-state index contributed by atoms with van der Waals surface area (Å²) in [6.45, 7) is 2.03. The monoisotopic (exact) mass is 257 g/mol. The summed E-state index contributed by atoms with van der Waals surface area (Å²) < 4.78 is 0. The van der Waals surface area contributed by atoms with Crippen LogP contribution in [0.25, 0.3) is 11.3 Å². The third-order valence-electron chi connectivity index (χ3n) is 3.54. The standard InChI is InChI=1S/C15H15NOS/c1-10-15(16-14(9-17)18-10)13-7-6-11-4-2-3-5-12(11)8-13/h6-9H,2-5H2,1H3. The predicted molar refractivity (Wildman–Crippen MR) is 74.3 cm³/mol. The molecule has 92 valence electrons. The molecule has 0 spiro atoms. The molecule has 3 heteroatoms. The van der Waals surface area contributed by atoms with Crippen molar-refractivity contribution in [3.63, 3.8) is 0 Å². The van der Waals surface area contributed by atoms with Crippen LogP contribution in [-0.4, -0.2) is 11.3 Å². The maximum absolute atomic E-state index is 10.8. The highest BCUT2D eigenvalue weighted by atomic mass is 32.1. The van der Waals surface area contributed by atoms with E-state index in [4.69, 9.17) is 0 Å². The number of aromatic nitrogens is 1. The molecule has 0 atom stereocenters. The number of aryl methyl sites for hydroxylation is 3. The smallest absolute Gasteiger partial charge is 0.178 e. The molecule has 2 aromatic rings. The van der Waals surface area contributed by atoms with E-state index in [9.17, 15) is 4.79 Å². The lowest BCUT2D eigenvalue weighted by atomic mass is 9.90. The Bertz CT molecular complexity index is 601. The SMILES string of the molecule is Cc1sc(C=O)nc1-c1ccc2c(c1)CCCC2. The Morgan fingerprint density at radius 2 is 2.00 bits per heavy atom. The number of fused-ring (bicyclic) bond motifs is 1. The third-order valence-corrected chi connectivity index (χ3v) is 4.43. The van der Waals surface area contributed by atoms with Gasteiger partial charge in [-0.05, 0) is 49.8 Å². The molecule has 0 radical (unpaired) electrons. The van der Waals surface area contributed by atoms with Crippen LogP contribution in [0.5, 0.6) is 0 Å². The molecule has 18 heavy (non-hydrogen) atoms. The molecule has 1 aliphatic carbocycles. The zero-order chi connectivity index (χ0) is 12.5. The van der Waals surface area contributed by atoms with Gasteiger partial charge in [-0.25, -0.2) is 4.98 Å². The van der Waals surface area contributed by atoms with E-state index < -0.39 is 0 Å². The van der Waals surface area contributed by atoms with E-state index in [1.165, 1.54) is 48.1 Å². The van der Waals surface area contributed by atoms with Crippen LogP contribution in [0.4, 0.5) is 0 Å². The fraction of sp³-hybridized carbons (Fsp3) is 0.333. The number of rotatable bonds is 2. The first-order chi connectivity index (χ1) is 8.78. The van der Waals surface area contributed by atoms with Crippen LogP contribution < -0.4 is 0 Å². The molecule has 0 unspecified atom stereocenters. The van der Waals surface area contributed by atoms with Gasteiger partial charge in [-0.3, -0.25) is 4.79 Å². The van der Waals surface area contributed by atoms with E-state index in [-0.39, 0.29) is 0 Å². The predicted octanol–water partition coefficient (Wildman–Crippen LogP) is 3.81. The molecule has 1 heterocycles. The van der Waals surface area contributed by atoms with Gasteiger partial charge in [0.05, 0.1) is 5.69 Å². The van der Waals surface area contributed by atoms with Crippen molar-refractivity contribution in [1.82, 2.24) is 4.98 Å². The van der Waals surface area contributed by atoms with Crippen molar-refractivity contribution < 1.29 is 4.79 Å². The maximum Gasteiger partial charge on any atom is 0.178 e. The van der Waals surface area contributed by atoms with Crippen LogP contribution >= 0.6 is 11.3 Å². The van der Waals surface area contributed by atoms with Crippen LogP contribution in [0, 0.1) is 6.92 Å². The van der Waals surface area contributed by atoms with Crippen LogP contribution in [0.3, 0.4) is 0 Å². The molecule has 3 rings (SSSR count). The van der Waals surface area contributed by atoms with Crippen molar-refractivity contribution in [3.8, 4) is 11.3 Å². The highest BCUT2D eigenvalue weighted by molar-refractivity contribution is 7.13. The molecule has 0 N–H and O–H groups in total. The van der Waals surface area contributed by atoms with Crippen LogP contribution in [0.1, 0.15) is 38.6 Å². The highest BCUT2D eigenvalue weighted by Crippen LogP contribution is 2.30. The maximum atomic E-state index is 10.8.